The third kappa shape index (κ3) is 4.67. The van der Waals surface area contributed by atoms with Crippen LogP contribution in [-0.2, 0) is 6.54 Å². The van der Waals surface area contributed by atoms with E-state index in [0.717, 1.165) is 18.5 Å². The maximum absolute atomic E-state index is 6.15. The van der Waals surface area contributed by atoms with Gasteiger partial charge in [-0.2, -0.15) is 0 Å². The highest BCUT2D eigenvalue weighted by molar-refractivity contribution is 6.34. The van der Waals surface area contributed by atoms with E-state index in [2.05, 4.69) is 4.98 Å². The molecule has 0 N–H and O–H groups in total. The van der Waals surface area contributed by atoms with Gasteiger partial charge < -0.3 is 9.30 Å². The van der Waals surface area contributed by atoms with Crippen LogP contribution in [0.1, 0.15) is 18.1 Å². The highest BCUT2D eigenvalue weighted by Crippen LogP contribution is 2.30. The molecule has 0 saturated carbocycles. The predicted molar refractivity (Wildman–Crippen MR) is 98.1 cm³/mol. The molecule has 0 amide bonds. The lowest BCUT2D eigenvalue weighted by Gasteiger charge is -2.20. The standard InChI is InChI=1S/C18H15Cl3N2O/c19-14-3-1-13(2-4-14)18(5-7-23-8-6-22-12-23)24-17-10-15(20)9-16(21)11-17/h1-4,6,8-12,18H,5,7H2/t18-/m1/s1. The molecule has 0 aliphatic rings. The molecule has 0 saturated heterocycles. The Morgan fingerprint density at radius 3 is 2.29 bits per heavy atom. The summed E-state index contributed by atoms with van der Waals surface area (Å²) in [6.45, 7) is 0.779. The molecule has 3 aromatic rings. The minimum Gasteiger partial charge on any atom is -0.486 e. The number of halogens is 3. The van der Waals surface area contributed by atoms with Gasteiger partial charge in [0, 0.05) is 40.4 Å². The van der Waals surface area contributed by atoms with Crippen molar-refractivity contribution in [2.24, 2.45) is 0 Å². The molecule has 0 spiro atoms. The largest absolute Gasteiger partial charge is 0.486 e. The zero-order chi connectivity index (χ0) is 16.9. The van der Waals surface area contributed by atoms with E-state index in [9.17, 15) is 0 Å². The second kappa shape index (κ2) is 7.93. The first-order valence-corrected chi connectivity index (χ1v) is 8.57. The topological polar surface area (TPSA) is 27.1 Å². The molecule has 0 unspecified atom stereocenters. The summed E-state index contributed by atoms with van der Waals surface area (Å²) in [6, 6.07) is 12.8. The maximum atomic E-state index is 6.15. The van der Waals surface area contributed by atoms with Gasteiger partial charge in [-0.3, -0.25) is 0 Å². The summed E-state index contributed by atoms with van der Waals surface area (Å²) >= 11 is 18.1. The van der Waals surface area contributed by atoms with E-state index in [0.29, 0.717) is 20.8 Å². The number of ether oxygens (including phenoxy) is 1. The molecular formula is C18H15Cl3N2O. The fourth-order valence-corrected chi connectivity index (χ4v) is 3.05. The number of hydrogen-bond donors (Lipinski definition) is 0. The van der Waals surface area contributed by atoms with Crippen molar-refractivity contribution in [3.05, 3.63) is 81.8 Å². The summed E-state index contributed by atoms with van der Waals surface area (Å²) < 4.78 is 8.17. The lowest BCUT2D eigenvalue weighted by molar-refractivity contribution is 0.188. The summed E-state index contributed by atoms with van der Waals surface area (Å²) in [5, 5.41) is 1.78. The third-order valence-corrected chi connectivity index (χ3v) is 4.25. The van der Waals surface area contributed by atoms with Gasteiger partial charge in [0.1, 0.15) is 11.9 Å². The van der Waals surface area contributed by atoms with Gasteiger partial charge in [-0.25, -0.2) is 4.98 Å². The average Bonchev–Trinajstić information content (AvgIpc) is 3.05. The number of nitrogens with zero attached hydrogens (tertiary/aromatic N) is 2. The van der Waals surface area contributed by atoms with Crippen molar-refractivity contribution in [3.8, 4) is 5.75 Å². The van der Waals surface area contributed by atoms with Crippen molar-refractivity contribution in [1.82, 2.24) is 9.55 Å². The molecule has 0 bridgehead atoms. The van der Waals surface area contributed by atoms with Crippen molar-refractivity contribution in [3.63, 3.8) is 0 Å². The van der Waals surface area contributed by atoms with Crippen molar-refractivity contribution in [2.75, 3.05) is 0 Å². The van der Waals surface area contributed by atoms with E-state index in [-0.39, 0.29) is 6.10 Å². The Morgan fingerprint density at radius 2 is 1.67 bits per heavy atom. The molecule has 124 valence electrons. The third-order valence-electron chi connectivity index (χ3n) is 3.56. The number of aromatic nitrogens is 2. The van der Waals surface area contributed by atoms with E-state index < -0.39 is 0 Å². The summed E-state index contributed by atoms with van der Waals surface area (Å²) in [5.41, 5.74) is 1.04. The Labute approximate surface area is 155 Å². The molecule has 1 aromatic heterocycles. The van der Waals surface area contributed by atoms with Crippen molar-refractivity contribution < 1.29 is 4.74 Å². The van der Waals surface area contributed by atoms with Crippen molar-refractivity contribution in [1.29, 1.82) is 0 Å². The van der Waals surface area contributed by atoms with Gasteiger partial charge in [-0.15, -0.1) is 0 Å². The number of hydrogen-bond acceptors (Lipinski definition) is 2. The van der Waals surface area contributed by atoms with Crippen LogP contribution in [0, 0.1) is 0 Å². The summed E-state index contributed by atoms with van der Waals surface area (Å²) in [5.74, 6) is 0.637. The van der Waals surface area contributed by atoms with E-state index in [4.69, 9.17) is 39.5 Å². The quantitative estimate of drug-likeness (QED) is 0.519. The normalized spacial score (nSPS) is 12.1. The predicted octanol–water partition coefficient (Wildman–Crippen LogP) is 6.05. The van der Waals surface area contributed by atoms with Crippen molar-refractivity contribution in [2.45, 2.75) is 19.1 Å². The Hall–Kier alpha value is -1.68. The van der Waals surface area contributed by atoms with Crippen LogP contribution in [0.4, 0.5) is 0 Å². The fraction of sp³-hybridized carbons (Fsp3) is 0.167. The SMILES string of the molecule is Clc1ccc([C@@H](CCn2ccnc2)Oc2cc(Cl)cc(Cl)c2)cc1. The molecule has 2 aromatic carbocycles. The number of benzene rings is 2. The van der Waals surface area contributed by atoms with Crippen LogP contribution in [0.2, 0.25) is 15.1 Å². The number of rotatable bonds is 6. The molecular weight excluding hydrogens is 367 g/mol. The number of aryl methyl sites for hydroxylation is 1. The van der Waals surface area contributed by atoms with Crippen LogP contribution < -0.4 is 4.74 Å². The minimum absolute atomic E-state index is 0.154. The highest BCUT2D eigenvalue weighted by Gasteiger charge is 2.15. The van der Waals surface area contributed by atoms with Crippen molar-refractivity contribution >= 4 is 34.8 Å². The smallest absolute Gasteiger partial charge is 0.125 e. The van der Waals surface area contributed by atoms with E-state index in [1.165, 1.54) is 0 Å². The molecule has 0 fully saturated rings. The van der Waals surface area contributed by atoms with E-state index >= 15 is 0 Å². The molecule has 1 heterocycles. The van der Waals surface area contributed by atoms with Crippen LogP contribution in [0.15, 0.2) is 61.2 Å². The van der Waals surface area contributed by atoms with Crippen LogP contribution in [-0.4, -0.2) is 9.55 Å². The van der Waals surface area contributed by atoms with Gasteiger partial charge in [-0.05, 0) is 35.9 Å². The Bertz CT molecular complexity index is 768. The molecule has 6 heteroatoms. The van der Waals surface area contributed by atoms with Gasteiger partial charge in [-0.1, -0.05) is 46.9 Å². The van der Waals surface area contributed by atoms with E-state index in [1.807, 2.05) is 35.0 Å². The molecule has 24 heavy (non-hydrogen) atoms. The monoisotopic (exact) mass is 380 g/mol. The van der Waals surface area contributed by atoms with Gasteiger partial charge in [0.05, 0.1) is 6.33 Å². The summed E-state index contributed by atoms with van der Waals surface area (Å²) in [4.78, 5) is 4.06. The van der Waals surface area contributed by atoms with Crippen LogP contribution >= 0.6 is 34.8 Å². The first-order valence-electron chi connectivity index (χ1n) is 7.44. The van der Waals surface area contributed by atoms with E-state index in [1.54, 1.807) is 30.7 Å². The highest BCUT2D eigenvalue weighted by atomic mass is 35.5. The molecule has 0 aliphatic heterocycles. The Morgan fingerprint density at radius 1 is 0.958 bits per heavy atom. The zero-order valence-corrected chi connectivity index (χ0v) is 15.0. The molecule has 3 rings (SSSR count). The molecule has 0 radical (unpaired) electrons. The van der Waals surface area contributed by atoms with Crippen LogP contribution in [0.5, 0.6) is 5.75 Å². The average molecular weight is 382 g/mol. The zero-order valence-electron chi connectivity index (χ0n) is 12.7. The van der Waals surface area contributed by atoms with Gasteiger partial charge in [0.25, 0.3) is 0 Å². The first-order chi connectivity index (χ1) is 11.6. The van der Waals surface area contributed by atoms with Gasteiger partial charge in [0.2, 0.25) is 0 Å². The summed E-state index contributed by atoms with van der Waals surface area (Å²) in [7, 11) is 0. The van der Waals surface area contributed by atoms with Crippen LogP contribution in [0.3, 0.4) is 0 Å². The minimum atomic E-state index is -0.154. The second-order valence-electron chi connectivity index (χ2n) is 5.35. The Kier molecular flexibility index (Phi) is 5.67. The first kappa shape index (κ1) is 17.2. The Balaban J connectivity index is 1.81. The molecule has 1 atom stereocenters. The van der Waals surface area contributed by atoms with Gasteiger partial charge >= 0.3 is 0 Å². The number of imidazole rings is 1. The fourth-order valence-electron chi connectivity index (χ4n) is 2.42. The second-order valence-corrected chi connectivity index (χ2v) is 6.66. The molecule has 0 aliphatic carbocycles. The maximum Gasteiger partial charge on any atom is 0.125 e. The summed E-state index contributed by atoms with van der Waals surface area (Å²) in [6.07, 6.45) is 6.08. The molecule has 3 nitrogen and oxygen atoms in total. The lowest BCUT2D eigenvalue weighted by atomic mass is 10.1. The lowest BCUT2D eigenvalue weighted by Crippen LogP contribution is -2.11. The van der Waals surface area contributed by atoms with Crippen LogP contribution in [0.25, 0.3) is 0 Å². The van der Waals surface area contributed by atoms with Gasteiger partial charge in [0.15, 0.2) is 0 Å².